The van der Waals surface area contributed by atoms with Gasteiger partial charge in [0.2, 0.25) is 5.91 Å². The molecule has 0 fully saturated rings. The van der Waals surface area contributed by atoms with Gasteiger partial charge in [-0.05, 0) is 31.0 Å². The van der Waals surface area contributed by atoms with Crippen molar-refractivity contribution in [2.75, 3.05) is 34.4 Å². The molecule has 0 aliphatic carbocycles. The Morgan fingerprint density at radius 3 is 2.36 bits per heavy atom. The Hall–Kier alpha value is -2.28. The summed E-state index contributed by atoms with van der Waals surface area (Å²) < 4.78 is 15.0. The lowest BCUT2D eigenvalue weighted by molar-refractivity contribution is -0.142. The predicted molar refractivity (Wildman–Crippen MR) is 92.8 cm³/mol. The minimum atomic E-state index is -0.664. The molecule has 0 saturated heterocycles. The van der Waals surface area contributed by atoms with Crippen molar-refractivity contribution in [2.24, 2.45) is 0 Å². The highest BCUT2D eigenvalue weighted by molar-refractivity contribution is 5.77. The number of amides is 1. The molecule has 1 atom stereocenters. The van der Waals surface area contributed by atoms with Crippen LogP contribution in [0.4, 0.5) is 0 Å². The van der Waals surface area contributed by atoms with E-state index in [4.69, 9.17) is 9.47 Å². The SMILES string of the molecule is COC(=O)CCN(CC(C)O)C(=O)CCc1ccc(OC)c(OC)c1. The van der Waals surface area contributed by atoms with Gasteiger partial charge in [-0.25, -0.2) is 0 Å². The van der Waals surface area contributed by atoms with Gasteiger partial charge in [-0.2, -0.15) is 0 Å². The first kappa shape index (κ1) is 20.8. The lowest BCUT2D eigenvalue weighted by Gasteiger charge is -2.23. The molecule has 0 saturated carbocycles. The largest absolute Gasteiger partial charge is 0.493 e. The smallest absolute Gasteiger partial charge is 0.307 e. The molecule has 140 valence electrons. The minimum Gasteiger partial charge on any atom is -0.493 e. The lowest BCUT2D eigenvalue weighted by atomic mass is 10.1. The zero-order chi connectivity index (χ0) is 18.8. The molecule has 1 unspecified atom stereocenters. The monoisotopic (exact) mass is 353 g/mol. The highest BCUT2D eigenvalue weighted by Crippen LogP contribution is 2.28. The first-order valence-corrected chi connectivity index (χ1v) is 8.14. The van der Waals surface area contributed by atoms with E-state index in [-0.39, 0.29) is 37.8 Å². The van der Waals surface area contributed by atoms with E-state index >= 15 is 0 Å². The highest BCUT2D eigenvalue weighted by Gasteiger charge is 2.17. The van der Waals surface area contributed by atoms with Gasteiger partial charge in [0.1, 0.15) is 0 Å². The molecule has 1 aromatic rings. The molecule has 0 radical (unpaired) electrons. The van der Waals surface area contributed by atoms with Crippen molar-refractivity contribution in [1.29, 1.82) is 0 Å². The fourth-order valence-corrected chi connectivity index (χ4v) is 2.41. The standard InChI is InChI=1S/C18H27NO6/c1-13(20)12-19(10-9-18(22)25-4)17(21)8-6-14-5-7-15(23-2)16(11-14)24-3/h5,7,11,13,20H,6,8-10,12H2,1-4H3. The van der Waals surface area contributed by atoms with Gasteiger partial charge in [-0.15, -0.1) is 0 Å². The van der Waals surface area contributed by atoms with Crippen LogP contribution in [-0.2, 0) is 20.7 Å². The summed E-state index contributed by atoms with van der Waals surface area (Å²) in [6.45, 7) is 2.01. The first-order valence-electron chi connectivity index (χ1n) is 8.14. The molecular weight excluding hydrogens is 326 g/mol. The minimum absolute atomic E-state index is 0.102. The van der Waals surface area contributed by atoms with Gasteiger partial charge in [-0.3, -0.25) is 9.59 Å². The van der Waals surface area contributed by atoms with E-state index in [9.17, 15) is 14.7 Å². The van der Waals surface area contributed by atoms with Crippen LogP contribution in [0.15, 0.2) is 18.2 Å². The quantitative estimate of drug-likeness (QED) is 0.640. The number of nitrogens with zero attached hydrogens (tertiary/aromatic N) is 1. The summed E-state index contributed by atoms with van der Waals surface area (Å²) in [6, 6.07) is 5.51. The van der Waals surface area contributed by atoms with Gasteiger partial charge in [0.25, 0.3) is 0 Å². The van der Waals surface area contributed by atoms with Gasteiger partial charge in [0, 0.05) is 19.5 Å². The van der Waals surface area contributed by atoms with Crippen molar-refractivity contribution in [3.05, 3.63) is 23.8 Å². The normalized spacial score (nSPS) is 11.6. The van der Waals surface area contributed by atoms with Gasteiger partial charge in [0.15, 0.2) is 11.5 Å². The maximum Gasteiger partial charge on any atom is 0.307 e. The van der Waals surface area contributed by atoms with E-state index < -0.39 is 6.10 Å². The van der Waals surface area contributed by atoms with Crippen LogP contribution < -0.4 is 9.47 Å². The third-order valence-corrected chi connectivity index (χ3v) is 3.73. The summed E-state index contributed by atoms with van der Waals surface area (Å²) in [4.78, 5) is 25.2. The number of carbonyl (C=O) groups excluding carboxylic acids is 2. The second kappa shape index (κ2) is 10.6. The van der Waals surface area contributed by atoms with Crippen LogP contribution >= 0.6 is 0 Å². The molecular formula is C18H27NO6. The fourth-order valence-electron chi connectivity index (χ4n) is 2.41. The second-order valence-corrected chi connectivity index (χ2v) is 5.70. The first-order chi connectivity index (χ1) is 11.9. The van der Waals surface area contributed by atoms with Crippen molar-refractivity contribution in [1.82, 2.24) is 4.90 Å². The zero-order valence-electron chi connectivity index (χ0n) is 15.3. The summed E-state index contributed by atoms with van der Waals surface area (Å²) in [7, 11) is 4.43. The van der Waals surface area contributed by atoms with Gasteiger partial charge < -0.3 is 24.2 Å². The zero-order valence-corrected chi connectivity index (χ0v) is 15.3. The number of esters is 1. The van der Waals surface area contributed by atoms with Crippen molar-refractivity contribution < 1.29 is 28.9 Å². The maximum atomic E-state index is 12.4. The molecule has 1 rings (SSSR count). The molecule has 7 heteroatoms. The van der Waals surface area contributed by atoms with E-state index in [0.717, 1.165) is 5.56 Å². The second-order valence-electron chi connectivity index (χ2n) is 5.70. The summed E-state index contributed by atoms with van der Waals surface area (Å²) in [6.07, 6.45) is 0.227. The third-order valence-electron chi connectivity index (χ3n) is 3.73. The van der Waals surface area contributed by atoms with Crippen LogP contribution in [0.2, 0.25) is 0 Å². The summed E-state index contributed by atoms with van der Waals surface area (Å²) >= 11 is 0. The molecule has 1 amide bonds. The molecule has 0 aliphatic rings. The Kier molecular flexibility index (Phi) is 8.77. The number of methoxy groups -OCH3 is 3. The number of hydrogen-bond acceptors (Lipinski definition) is 6. The van der Waals surface area contributed by atoms with Crippen LogP contribution in [-0.4, -0.2) is 62.4 Å². The number of rotatable bonds is 10. The topological polar surface area (TPSA) is 85.3 Å². The maximum absolute atomic E-state index is 12.4. The van der Waals surface area contributed by atoms with Crippen molar-refractivity contribution in [3.63, 3.8) is 0 Å². The Morgan fingerprint density at radius 2 is 1.80 bits per heavy atom. The highest BCUT2D eigenvalue weighted by atomic mass is 16.5. The van der Waals surface area contributed by atoms with Gasteiger partial charge >= 0.3 is 5.97 Å². The number of carbonyl (C=O) groups is 2. The summed E-state index contributed by atoms with van der Waals surface area (Å²) in [5.74, 6) is 0.730. The number of aryl methyl sites for hydroxylation is 1. The molecule has 0 heterocycles. The van der Waals surface area contributed by atoms with Crippen LogP contribution in [0.5, 0.6) is 11.5 Å². The molecule has 1 aromatic carbocycles. The van der Waals surface area contributed by atoms with E-state index in [2.05, 4.69) is 4.74 Å². The van der Waals surface area contributed by atoms with Crippen LogP contribution in [0, 0.1) is 0 Å². The molecule has 7 nitrogen and oxygen atoms in total. The predicted octanol–water partition coefficient (Wildman–Crippen LogP) is 1.41. The van der Waals surface area contributed by atoms with Gasteiger partial charge in [0.05, 0.1) is 33.9 Å². The van der Waals surface area contributed by atoms with Crippen LogP contribution in [0.25, 0.3) is 0 Å². The third kappa shape index (κ3) is 7.01. The van der Waals surface area contributed by atoms with E-state index in [1.807, 2.05) is 12.1 Å². The number of aliphatic hydroxyl groups is 1. The number of ether oxygens (including phenoxy) is 3. The van der Waals surface area contributed by atoms with Crippen LogP contribution in [0.3, 0.4) is 0 Å². The fraction of sp³-hybridized carbons (Fsp3) is 0.556. The van der Waals surface area contributed by atoms with Crippen molar-refractivity contribution in [2.45, 2.75) is 32.3 Å². The molecule has 1 N–H and O–H groups in total. The van der Waals surface area contributed by atoms with Crippen molar-refractivity contribution >= 4 is 11.9 Å². The number of aliphatic hydroxyl groups excluding tert-OH is 1. The molecule has 0 aromatic heterocycles. The molecule has 25 heavy (non-hydrogen) atoms. The molecule has 0 spiro atoms. The molecule has 0 aliphatic heterocycles. The van der Waals surface area contributed by atoms with E-state index in [1.165, 1.54) is 12.0 Å². The molecule has 0 bridgehead atoms. The van der Waals surface area contributed by atoms with Crippen LogP contribution in [0.1, 0.15) is 25.3 Å². The number of hydrogen-bond donors (Lipinski definition) is 1. The summed E-state index contributed by atoms with van der Waals surface area (Å²) in [5, 5.41) is 9.56. The average Bonchev–Trinajstić information content (AvgIpc) is 2.61. The van der Waals surface area contributed by atoms with E-state index in [1.54, 1.807) is 27.2 Å². The van der Waals surface area contributed by atoms with Gasteiger partial charge in [-0.1, -0.05) is 6.07 Å². The number of benzene rings is 1. The van der Waals surface area contributed by atoms with E-state index in [0.29, 0.717) is 17.9 Å². The Morgan fingerprint density at radius 1 is 1.12 bits per heavy atom. The lowest BCUT2D eigenvalue weighted by Crippen LogP contribution is -2.38. The average molecular weight is 353 g/mol. The Bertz CT molecular complexity index is 573. The Labute approximate surface area is 148 Å². The summed E-state index contributed by atoms with van der Waals surface area (Å²) in [5.41, 5.74) is 0.941. The Balaban J connectivity index is 2.68. The van der Waals surface area contributed by atoms with Crippen molar-refractivity contribution in [3.8, 4) is 11.5 Å².